The molecule has 3 rings (SSSR count). The van der Waals surface area contributed by atoms with Crippen LogP contribution in [0.5, 0.6) is 11.5 Å². The van der Waals surface area contributed by atoms with Crippen LogP contribution in [-0.2, 0) is 0 Å². The molecule has 4 heteroatoms. The van der Waals surface area contributed by atoms with E-state index in [4.69, 9.17) is 21.1 Å². The second-order valence-electron chi connectivity index (χ2n) is 5.22. The lowest BCUT2D eigenvalue weighted by atomic mass is 9.94. The van der Waals surface area contributed by atoms with Gasteiger partial charge in [-0.15, -0.1) is 0 Å². The standard InChI is InChI=1S/C17H17ClO3/c1-10-4-3-5-13(11(10)2)16(19)12-8-14(18)17-15(9-12)20-6-7-21-17/h3-5,8-9,16,19H,6-7H2,1-2H3. The van der Waals surface area contributed by atoms with Crippen LogP contribution < -0.4 is 9.47 Å². The fourth-order valence-corrected chi connectivity index (χ4v) is 2.81. The normalized spacial score (nSPS) is 14.9. The summed E-state index contributed by atoms with van der Waals surface area (Å²) in [6.07, 6.45) is -0.738. The Hall–Kier alpha value is -1.71. The van der Waals surface area contributed by atoms with E-state index in [0.717, 1.165) is 16.7 Å². The van der Waals surface area contributed by atoms with Gasteiger partial charge in [0.1, 0.15) is 19.3 Å². The van der Waals surface area contributed by atoms with Gasteiger partial charge in [0.05, 0.1) is 5.02 Å². The van der Waals surface area contributed by atoms with Crippen LogP contribution in [0.25, 0.3) is 0 Å². The van der Waals surface area contributed by atoms with Gasteiger partial charge in [-0.25, -0.2) is 0 Å². The Kier molecular flexibility index (Phi) is 3.79. The summed E-state index contributed by atoms with van der Waals surface area (Å²) >= 11 is 6.23. The van der Waals surface area contributed by atoms with Gasteiger partial charge >= 0.3 is 0 Å². The van der Waals surface area contributed by atoms with Crippen LogP contribution in [0, 0.1) is 13.8 Å². The summed E-state index contributed by atoms with van der Waals surface area (Å²) in [4.78, 5) is 0. The number of aryl methyl sites for hydroxylation is 1. The van der Waals surface area contributed by atoms with E-state index in [1.165, 1.54) is 0 Å². The lowest BCUT2D eigenvalue weighted by Crippen LogP contribution is -2.16. The van der Waals surface area contributed by atoms with E-state index in [9.17, 15) is 5.11 Å². The molecule has 1 unspecified atom stereocenters. The van der Waals surface area contributed by atoms with Crippen LogP contribution in [0.1, 0.15) is 28.4 Å². The molecule has 0 amide bonds. The third-order valence-electron chi connectivity index (χ3n) is 3.88. The summed E-state index contributed by atoms with van der Waals surface area (Å²) in [5.74, 6) is 1.15. The van der Waals surface area contributed by atoms with Crippen molar-refractivity contribution in [2.45, 2.75) is 20.0 Å². The van der Waals surface area contributed by atoms with E-state index in [-0.39, 0.29) is 0 Å². The molecular formula is C17H17ClO3. The molecule has 110 valence electrons. The number of ether oxygens (including phenoxy) is 2. The van der Waals surface area contributed by atoms with Gasteiger partial charge in [0.2, 0.25) is 0 Å². The summed E-state index contributed by atoms with van der Waals surface area (Å²) in [5, 5.41) is 11.1. The molecule has 0 fully saturated rings. The summed E-state index contributed by atoms with van der Waals surface area (Å²) in [5.41, 5.74) is 3.81. The molecule has 0 radical (unpaired) electrons. The first kappa shape index (κ1) is 14.2. The van der Waals surface area contributed by atoms with Gasteiger partial charge in [-0.3, -0.25) is 0 Å². The molecular weight excluding hydrogens is 288 g/mol. The van der Waals surface area contributed by atoms with E-state index in [1.807, 2.05) is 32.0 Å². The van der Waals surface area contributed by atoms with Crippen LogP contribution in [0.15, 0.2) is 30.3 Å². The minimum Gasteiger partial charge on any atom is -0.486 e. The van der Waals surface area contributed by atoms with Crippen LogP contribution in [0.4, 0.5) is 0 Å². The Morgan fingerprint density at radius 2 is 1.90 bits per heavy atom. The fourth-order valence-electron chi connectivity index (χ4n) is 2.54. The summed E-state index contributed by atoms with van der Waals surface area (Å²) in [7, 11) is 0. The van der Waals surface area contributed by atoms with Crippen molar-refractivity contribution in [3.63, 3.8) is 0 Å². The van der Waals surface area contributed by atoms with Gasteiger partial charge in [-0.2, -0.15) is 0 Å². The summed E-state index contributed by atoms with van der Waals surface area (Å²) in [6.45, 7) is 5.02. The maximum Gasteiger partial charge on any atom is 0.179 e. The number of hydrogen-bond acceptors (Lipinski definition) is 3. The van der Waals surface area contributed by atoms with E-state index in [1.54, 1.807) is 12.1 Å². The Balaban J connectivity index is 2.04. The maximum absolute atomic E-state index is 10.7. The van der Waals surface area contributed by atoms with Crippen LogP contribution >= 0.6 is 11.6 Å². The van der Waals surface area contributed by atoms with E-state index >= 15 is 0 Å². The van der Waals surface area contributed by atoms with E-state index < -0.39 is 6.10 Å². The molecule has 0 saturated heterocycles. The smallest absolute Gasteiger partial charge is 0.179 e. The van der Waals surface area contributed by atoms with Crippen LogP contribution in [0.3, 0.4) is 0 Å². The second kappa shape index (κ2) is 5.58. The zero-order valence-electron chi connectivity index (χ0n) is 12.0. The average molecular weight is 305 g/mol. The first-order chi connectivity index (χ1) is 10.1. The molecule has 2 aromatic rings. The highest BCUT2D eigenvalue weighted by atomic mass is 35.5. The largest absolute Gasteiger partial charge is 0.486 e. The third kappa shape index (κ3) is 2.59. The molecule has 0 spiro atoms. The number of aliphatic hydroxyl groups excluding tert-OH is 1. The highest BCUT2D eigenvalue weighted by molar-refractivity contribution is 6.32. The first-order valence-electron chi connectivity index (χ1n) is 6.91. The molecule has 2 aromatic carbocycles. The third-order valence-corrected chi connectivity index (χ3v) is 4.16. The van der Waals surface area contributed by atoms with Crippen molar-refractivity contribution < 1.29 is 14.6 Å². The Bertz CT molecular complexity index is 682. The molecule has 1 N–H and O–H groups in total. The van der Waals surface area contributed by atoms with Gasteiger partial charge in [-0.05, 0) is 48.2 Å². The molecule has 1 aliphatic rings. The van der Waals surface area contributed by atoms with Crippen molar-refractivity contribution in [3.8, 4) is 11.5 Å². The quantitative estimate of drug-likeness (QED) is 0.917. The number of aliphatic hydroxyl groups is 1. The SMILES string of the molecule is Cc1cccc(C(O)c2cc(Cl)c3c(c2)OCCO3)c1C. The zero-order chi connectivity index (χ0) is 15.0. The molecule has 21 heavy (non-hydrogen) atoms. The predicted octanol–water partition coefficient (Wildman–Crippen LogP) is 3.81. The van der Waals surface area contributed by atoms with Gasteiger partial charge in [0, 0.05) is 0 Å². The first-order valence-corrected chi connectivity index (χ1v) is 7.29. The topological polar surface area (TPSA) is 38.7 Å². The Labute approximate surface area is 129 Å². The zero-order valence-corrected chi connectivity index (χ0v) is 12.8. The minimum absolute atomic E-state index is 0.464. The highest BCUT2D eigenvalue weighted by Gasteiger charge is 2.21. The molecule has 0 saturated carbocycles. The highest BCUT2D eigenvalue weighted by Crippen LogP contribution is 2.41. The van der Waals surface area contributed by atoms with Gasteiger partial charge in [0.15, 0.2) is 11.5 Å². The number of fused-ring (bicyclic) bond motifs is 1. The average Bonchev–Trinajstić information content (AvgIpc) is 2.49. The lowest BCUT2D eigenvalue weighted by molar-refractivity contribution is 0.170. The van der Waals surface area contributed by atoms with Crippen molar-refractivity contribution in [1.29, 1.82) is 0 Å². The molecule has 3 nitrogen and oxygen atoms in total. The van der Waals surface area contributed by atoms with Gasteiger partial charge in [0.25, 0.3) is 0 Å². The van der Waals surface area contributed by atoms with E-state index in [0.29, 0.717) is 35.3 Å². The number of benzene rings is 2. The molecule has 0 aromatic heterocycles. The number of rotatable bonds is 2. The molecule has 0 aliphatic carbocycles. The lowest BCUT2D eigenvalue weighted by Gasteiger charge is -2.22. The van der Waals surface area contributed by atoms with Crippen molar-refractivity contribution in [2.75, 3.05) is 13.2 Å². The summed E-state index contributed by atoms with van der Waals surface area (Å²) in [6, 6.07) is 9.44. The van der Waals surface area contributed by atoms with Gasteiger partial charge in [-0.1, -0.05) is 29.8 Å². The van der Waals surface area contributed by atoms with Crippen molar-refractivity contribution in [1.82, 2.24) is 0 Å². The summed E-state index contributed by atoms with van der Waals surface area (Å²) < 4.78 is 11.1. The van der Waals surface area contributed by atoms with Crippen LogP contribution in [-0.4, -0.2) is 18.3 Å². The molecule has 1 aliphatic heterocycles. The Morgan fingerprint density at radius 1 is 1.14 bits per heavy atom. The number of halogens is 1. The fraction of sp³-hybridized carbons (Fsp3) is 0.294. The maximum atomic E-state index is 10.7. The van der Waals surface area contributed by atoms with Gasteiger partial charge < -0.3 is 14.6 Å². The Morgan fingerprint density at radius 3 is 2.71 bits per heavy atom. The van der Waals surface area contributed by atoms with Crippen molar-refractivity contribution >= 4 is 11.6 Å². The molecule has 1 atom stereocenters. The van der Waals surface area contributed by atoms with Crippen molar-refractivity contribution in [3.05, 3.63) is 57.6 Å². The molecule has 0 bridgehead atoms. The monoisotopic (exact) mass is 304 g/mol. The minimum atomic E-state index is -0.738. The number of hydrogen-bond donors (Lipinski definition) is 1. The molecule has 1 heterocycles. The van der Waals surface area contributed by atoms with E-state index in [2.05, 4.69) is 0 Å². The second-order valence-corrected chi connectivity index (χ2v) is 5.63. The van der Waals surface area contributed by atoms with Crippen LogP contribution in [0.2, 0.25) is 5.02 Å². The van der Waals surface area contributed by atoms with Crippen molar-refractivity contribution in [2.24, 2.45) is 0 Å². The predicted molar refractivity (Wildman–Crippen MR) is 82.4 cm³/mol.